The normalized spacial score (nSPS) is 27.7. The molecule has 0 aromatic heterocycles. The second kappa shape index (κ2) is 6.01. The summed E-state index contributed by atoms with van der Waals surface area (Å²) in [7, 11) is 0. The summed E-state index contributed by atoms with van der Waals surface area (Å²) in [6.45, 7) is 3.50. The molecule has 1 saturated heterocycles. The van der Waals surface area contributed by atoms with Crippen LogP contribution in [0.25, 0.3) is 0 Å². The molecule has 2 amide bonds. The number of hydrogen-bond donors (Lipinski definition) is 0. The van der Waals surface area contributed by atoms with E-state index in [-0.39, 0.29) is 23.5 Å². The van der Waals surface area contributed by atoms with Crippen molar-refractivity contribution in [3.63, 3.8) is 0 Å². The highest BCUT2D eigenvalue weighted by Gasteiger charge is 2.69. The van der Waals surface area contributed by atoms with Gasteiger partial charge in [-0.05, 0) is 53.8 Å². The van der Waals surface area contributed by atoms with Crippen LogP contribution in [0.2, 0.25) is 0 Å². The smallest absolute Gasteiger partial charge is 0.239 e. The molecule has 152 valence electrons. The first-order valence-electron chi connectivity index (χ1n) is 10.6. The topological polar surface area (TPSA) is 54.5 Å². The highest BCUT2D eigenvalue weighted by atomic mass is 16.2. The Bertz CT molecular complexity index is 1260. The van der Waals surface area contributed by atoms with Crippen LogP contribution < -0.4 is 4.90 Å². The summed E-state index contributed by atoms with van der Waals surface area (Å²) in [5.41, 5.74) is 4.14. The molecule has 0 radical (unpaired) electrons. The predicted molar refractivity (Wildman–Crippen MR) is 117 cm³/mol. The Morgan fingerprint density at radius 1 is 0.839 bits per heavy atom. The van der Waals surface area contributed by atoms with E-state index < -0.39 is 17.3 Å². The fraction of sp³-hybridized carbons (Fsp3) is 0.222. The molecule has 4 aliphatic rings. The second-order valence-corrected chi connectivity index (χ2v) is 8.87. The number of benzene rings is 3. The van der Waals surface area contributed by atoms with Gasteiger partial charge in [0.25, 0.3) is 0 Å². The number of hydrogen-bond acceptors (Lipinski definition) is 3. The maximum Gasteiger partial charge on any atom is 0.239 e. The number of aryl methyl sites for hydroxylation is 1. The molecule has 1 aliphatic heterocycles. The van der Waals surface area contributed by atoms with Gasteiger partial charge < -0.3 is 0 Å². The zero-order valence-electron chi connectivity index (χ0n) is 17.3. The minimum atomic E-state index is -1.14. The Kier molecular flexibility index (Phi) is 3.54. The summed E-state index contributed by atoms with van der Waals surface area (Å²) in [6.07, 6.45) is 0. The Balaban J connectivity index is 1.68. The van der Waals surface area contributed by atoms with Gasteiger partial charge in [0.05, 0.1) is 22.9 Å². The van der Waals surface area contributed by atoms with Crippen LogP contribution in [0.4, 0.5) is 5.69 Å². The summed E-state index contributed by atoms with van der Waals surface area (Å²) >= 11 is 0. The number of amides is 2. The lowest BCUT2D eigenvalue weighted by molar-refractivity contribution is -0.132. The van der Waals surface area contributed by atoms with Gasteiger partial charge in [-0.25, -0.2) is 4.90 Å². The van der Waals surface area contributed by atoms with Crippen molar-refractivity contribution in [1.29, 1.82) is 0 Å². The molecule has 1 heterocycles. The molecule has 2 atom stereocenters. The maximum absolute atomic E-state index is 13.9. The minimum Gasteiger partial charge on any atom is -0.299 e. The van der Waals surface area contributed by atoms with Crippen molar-refractivity contribution in [2.24, 2.45) is 11.8 Å². The fourth-order valence-corrected chi connectivity index (χ4v) is 6.39. The third-order valence-corrected chi connectivity index (χ3v) is 7.43. The molecule has 1 unspecified atom stereocenters. The minimum absolute atomic E-state index is 0.0900. The first-order valence-corrected chi connectivity index (χ1v) is 10.6. The van der Waals surface area contributed by atoms with Crippen molar-refractivity contribution in [1.82, 2.24) is 0 Å². The molecular weight excluding hydrogens is 386 g/mol. The van der Waals surface area contributed by atoms with E-state index in [1.165, 1.54) is 4.90 Å². The van der Waals surface area contributed by atoms with Crippen molar-refractivity contribution in [3.8, 4) is 0 Å². The summed E-state index contributed by atoms with van der Waals surface area (Å²) in [6, 6.07) is 23.1. The van der Waals surface area contributed by atoms with Gasteiger partial charge in [-0.15, -0.1) is 0 Å². The average Bonchev–Trinajstić information content (AvgIpc) is 3.04. The number of rotatable bonds is 2. The van der Waals surface area contributed by atoms with E-state index in [2.05, 4.69) is 0 Å². The third kappa shape index (κ3) is 2.03. The van der Waals surface area contributed by atoms with Gasteiger partial charge in [0, 0.05) is 5.92 Å². The zero-order valence-corrected chi connectivity index (χ0v) is 17.3. The Hall–Kier alpha value is -3.53. The van der Waals surface area contributed by atoms with Crippen LogP contribution >= 0.6 is 0 Å². The molecule has 3 aromatic rings. The van der Waals surface area contributed by atoms with Gasteiger partial charge in [0.2, 0.25) is 11.8 Å². The molecule has 0 spiro atoms. The van der Waals surface area contributed by atoms with E-state index in [0.717, 1.165) is 27.8 Å². The van der Waals surface area contributed by atoms with Crippen molar-refractivity contribution in [2.75, 3.05) is 4.90 Å². The van der Waals surface area contributed by atoms with Crippen molar-refractivity contribution in [2.45, 2.75) is 25.2 Å². The number of anilines is 1. The van der Waals surface area contributed by atoms with E-state index in [0.29, 0.717) is 5.69 Å². The van der Waals surface area contributed by atoms with E-state index in [1.807, 2.05) is 73.7 Å². The second-order valence-electron chi connectivity index (χ2n) is 8.87. The van der Waals surface area contributed by atoms with Crippen LogP contribution in [-0.4, -0.2) is 17.6 Å². The fourth-order valence-electron chi connectivity index (χ4n) is 6.39. The third-order valence-electron chi connectivity index (χ3n) is 7.43. The SMILES string of the molecule is CC(=O)C12c3ccccc3C(c3ccccc31)[C@H]1C(=O)N(c3cccc(C)c3)C(=O)C12. The van der Waals surface area contributed by atoms with Crippen LogP contribution in [0.1, 0.15) is 40.7 Å². The van der Waals surface area contributed by atoms with Crippen LogP contribution in [-0.2, 0) is 19.8 Å². The van der Waals surface area contributed by atoms with E-state index in [1.54, 1.807) is 13.0 Å². The Labute approximate surface area is 180 Å². The Morgan fingerprint density at radius 2 is 1.45 bits per heavy atom. The van der Waals surface area contributed by atoms with Crippen LogP contribution in [0, 0.1) is 18.8 Å². The molecule has 2 bridgehead atoms. The lowest BCUT2D eigenvalue weighted by Crippen LogP contribution is -2.57. The predicted octanol–water partition coefficient (Wildman–Crippen LogP) is 4.13. The zero-order chi connectivity index (χ0) is 21.5. The van der Waals surface area contributed by atoms with Gasteiger partial charge in [-0.3, -0.25) is 14.4 Å². The molecule has 3 aromatic carbocycles. The largest absolute Gasteiger partial charge is 0.299 e. The lowest BCUT2D eigenvalue weighted by Gasteiger charge is -2.52. The summed E-state index contributed by atoms with van der Waals surface area (Å²) in [5, 5.41) is 0. The molecule has 0 N–H and O–H groups in total. The molecule has 1 fully saturated rings. The first kappa shape index (κ1) is 18.3. The number of carbonyl (C=O) groups excluding carboxylic acids is 3. The highest BCUT2D eigenvalue weighted by molar-refractivity contribution is 6.25. The van der Waals surface area contributed by atoms with Crippen molar-refractivity contribution >= 4 is 23.3 Å². The molecule has 4 heteroatoms. The quantitative estimate of drug-likeness (QED) is 0.600. The number of Topliss-reactive ketones (excluding diaryl/α,β-unsaturated/α-hetero) is 1. The van der Waals surface area contributed by atoms with E-state index >= 15 is 0 Å². The van der Waals surface area contributed by atoms with Gasteiger partial charge in [-0.2, -0.15) is 0 Å². The van der Waals surface area contributed by atoms with E-state index in [9.17, 15) is 14.4 Å². The molecule has 4 nitrogen and oxygen atoms in total. The average molecular weight is 407 g/mol. The van der Waals surface area contributed by atoms with E-state index in [4.69, 9.17) is 0 Å². The summed E-state index contributed by atoms with van der Waals surface area (Å²) in [4.78, 5) is 42.6. The summed E-state index contributed by atoms with van der Waals surface area (Å²) in [5.74, 6) is -2.11. The van der Waals surface area contributed by atoms with Crippen LogP contribution in [0.3, 0.4) is 0 Å². The molecule has 7 rings (SSSR count). The molecule has 0 saturated carbocycles. The summed E-state index contributed by atoms with van der Waals surface area (Å²) < 4.78 is 0. The molecule has 31 heavy (non-hydrogen) atoms. The lowest BCUT2D eigenvalue weighted by atomic mass is 9.46. The van der Waals surface area contributed by atoms with Crippen molar-refractivity contribution < 1.29 is 14.4 Å². The number of carbonyl (C=O) groups is 3. The number of nitrogens with zero attached hydrogens (tertiary/aromatic N) is 1. The monoisotopic (exact) mass is 407 g/mol. The van der Waals surface area contributed by atoms with Gasteiger partial charge >= 0.3 is 0 Å². The molecule has 3 aliphatic carbocycles. The van der Waals surface area contributed by atoms with Gasteiger partial charge in [0.1, 0.15) is 5.78 Å². The van der Waals surface area contributed by atoms with Crippen LogP contribution in [0.15, 0.2) is 72.8 Å². The van der Waals surface area contributed by atoms with Crippen LogP contribution in [0.5, 0.6) is 0 Å². The highest BCUT2D eigenvalue weighted by Crippen LogP contribution is 2.64. The Morgan fingerprint density at radius 3 is 2.03 bits per heavy atom. The van der Waals surface area contributed by atoms with Crippen molar-refractivity contribution in [3.05, 3.63) is 101 Å². The standard InChI is InChI=1S/C27H21NO3/c1-15-8-7-9-17(14-15)28-25(30)23-22-18-10-3-5-12-20(18)27(16(2)29,24(23)26(28)31)21-13-6-4-11-19(21)22/h3-14,22-24H,1-2H3/t22?,23-,24?,27?/m1/s1. The first-order chi connectivity index (χ1) is 15.0. The van der Waals surface area contributed by atoms with Gasteiger partial charge in [-0.1, -0.05) is 60.7 Å². The maximum atomic E-state index is 13.9. The molecular formula is C27H21NO3. The van der Waals surface area contributed by atoms with Gasteiger partial charge in [0.15, 0.2) is 0 Å². The number of ketones is 1. The number of imide groups is 1.